The lowest BCUT2D eigenvalue weighted by Gasteiger charge is -2.72. The second-order valence-corrected chi connectivity index (χ2v) is 28.0. The van der Waals surface area contributed by atoms with E-state index < -0.39 is 217 Å². The van der Waals surface area contributed by atoms with Gasteiger partial charge < -0.3 is 114 Å². The van der Waals surface area contributed by atoms with Gasteiger partial charge >= 0.3 is 17.9 Å². The Morgan fingerprint density at radius 3 is 1.79 bits per heavy atom. The van der Waals surface area contributed by atoms with Crippen LogP contribution in [0.5, 0.6) is 0 Å². The van der Waals surface area contributed by atoms with Gasteiger partial charge in [0.15, 0.2) is 37.4 Å². The molecule has 0 bridgehead atoms. The minimum absolute atomic E-state index is 0.0298. The summed E-state index contributed by atoms with van der Waals surface area (Å²) in [4.78, 5) is 39.0. The molecule has 26 nitrogen and oxygen atoms in total. The third kappa shape index (κ3) is 10.9. The molecule has 0 amide bonds. The van der Waals surface area contributed by atoms with Gasteiger partial charge in [-0.25, -0.2) is 9.59 Å². The number of ether oxygens (including phenoxy) is 10. The van der Waals surface area contributed by atoms with E-state index in [1.807, 2.05) is 27.7 Å². The van der Waals surface area contributed by atoms with Crippen LogP contribution in [0.2, 0.25) is 0 Å². The van der Waals surface area contributed by atoms with Crippen LogP contribution in [0.15, 0.2) is 23.3 Å². The molecule has 0 radical (unpaired) electrons. The molecule has 4 saturated heterocycles. The molecule has 8 fully saturated rings. The van der Waals surface area contributed by atoms with Crippen LogP contribution in [0.25, 0.3) is 0 Å². The molecule has 0 aromatic carbocycles. The number of carboxylic acid groups (broad SMARTS) is 1. The number of hydrogen-bond acceptors (Lipinski definition) is 25. The zero-order valence-electron chi connectivity index (χ0n) is 50.9. The molecule has 9 rings (SSSR count). The first-order valence-electron chi connectivity index (χ1n) is 30.3. The lowest BCUT2D eigenvalue weighted by atomic mass is 9.33. The van der Waals surface area contributed by atoms with E-state index in [0.29, 0.717) is 38.5 Å². The number of fused-ring (bicyclic) bond motifs is 7. The highest BCUT2D eigenvalue weighted by atomic mass is 16.8. The number of aliphatic hydroxyl groups excluding tert-OH is 12. The first kappa shape index (κ1) is 67.5. The number of rotatable bonds is 15. The van der Waals surface area contributed by atoms with Crippen LogP contribution in [-0.2, 0) is 61.8 Å². The summed E-state index contributed by atoms with van der Waals surface area (Å²) in [7, 11) is 0. The summed E-state index contributed by atoms with van der Waals surface area (Å²) in [6.07, 6.45) is -29.9. The molecule has 3 unspecified atom stereocenters. The Balaban J connectivity index is 1.03. The van der Waals surface area contributed by atoms with Crippen LogP contribution >= 0.6 is 0 Å². The molecule has 0 spiro atoms. The van der Waals surface area contributed by atoms with Gasteiger partial charge in [0, 0.05) is 12.5 Å². The van der Waals surface area contributed by atoms with Gasteiger partial charge in [0.2, 0.25) is 0 Å². The number of carbonyl (C=O) groups excluding carboxylic acids is 2. The second kappa shape index (κ2) is 24.6. The molecule has 4 heterocycles. The molecule has 30 atom stereocenters. The largest absolute Gasteiger partial charge is 0.479 e. The van der Waals surface area contributed by atoms with Crippen molar-refractivity contribution in [2.75, 3.05) is 19.8 Å². The summed E-state index contributed by atoms with van der Waals surface area (Å²) in [5.41, 5.74) is -3.65. The Morgan fingerprint density at radius 1 is 0.628 bits per heavy atom. The molecule has 5 aliphatic carbocycles. The molecule has 4 saturated carbocycles. The first-order valence-corrected chi connectivity index (χ1v) is 30.3. The summed E-state index contributed by atoms with van der Waals surface area (Å²) in [6.45, 7) is 18.4. The number of allylic oxidation sites excluding steroid dienone is 3. The maximum Gasteiger partial charge on any atom is 0.335 e. The Labute approximate surface area is 500 Å². The average Bonchev–Trinajstić information content (AvgIpc) is 0.732. The molecule has 0 aromatic rings. The van der Waals surface area contributed by atoms with E-state index in [4.69, 9.17) is 47.4 Å². The minimum atomic E-state index is -2.13. The van der Waals surface area contributed by atoms with Crippen LogP contribution in [0, 0.1) is 50.2 Å². The van der Waals surface area contributed by atoms with E-state index in [-0.39, 0.29) is 23.8 Å². The van der Waals surface area contributed by atoms with Crippen molar-refractivity contribution in [2.45, 2.75) is 262 Å². The standard InChI is InChI=1S/C60H94O26/c1-12-24(2)50(76)85-48-47(86-51-41(72)38(69)43(25(3)77-51)78-26(4)64)55(5,6)19-28-27-13-14-32-57(9)17-16-34(56(7,8)31(57)15-18-58(32,10)59(27,11)20-33(65)60(28,48)23-63)81-54-46(84-53-40(71)37(68)35(66)29(21-61)79-53)44(42(73)45(83-54)49(74)75)82-52-39(70)36(67)30(22-62)80-52/h12-13,25,28-48,51-54,61-63,65-73H,14-23H2,1-11H3,(H,74,75)/b24-12-/t25-,28?,29+,30-,31?,32?,33+,34-,35-,36-,37-,38-,39+,40+,41+,42-,43-,44-,45-,46+,47-,48-,51-,52-,53-,54+,57-,58+,59+,60-/m0/s1. The Hall–Kier alpha value is -2.91. The van der Waals surface area contributed by atoms with Gasteiger partial charge in [0.1, 0.15) is 85.5 Å². The molecule has 86 heavy (non-hydrogen) atoms. The topological polar surface area (TPSA) is 407 Å². The molecule has 13 N–H and O–H groups in total. The first-order chi connectivity index (χ1) is 40.1. The third-order valence-electron chi connectivity index (χ3n) is 22.6. The van der Waals surface area contributed by atoms with Crippen molar-refractivity contribution < 1.29 is 128 Å². The van der Waals surface area contributed by atoms with E-state index in [0.717, 1.165) is 5.57 Å². The predicted molar refractivity (Wildman–Crippen MR) is 293 cm³/mol. The van der Waals surface area contributed by atoms with Crippen LogP contribution in [0.3, 0.4) is 0 Å². The second-order valence-electron chi connectivity index (χ2n) is 28.0. The van der Waals surface area contributed by atoms with Crippen molar-refractivity contribution in [3.8, 4) is 0 Å². The van der Waals surface area contributed by atoms with E-state index in [1.165, 1.54) is 6.92 Å². The number of carboxylic acids is 1. The van der Waals surface area contributed by atoms with Crippen LogP contribution in [0.4, 0.5) is 0 Å². The van der Waals surface area contributed by atoms with Crippen molar-refractivity contribution in [1.82, 2.24) is 0 Å². The summed E-state index contributed by atoms with van der Waals surface area (Å²) in [5.74, 6) is -3.78. The van der Waals surface area contributed by atoms with E-state index in [1.54, 1.807) is 26.8 Å². The SMILES string of the molecule is C/C=C(/C)C(=O)O[C@H]1[C@H](O[C@@H]2O[C@@H](C)[C@H](OC(C)=O)[C@@H](O)[C@H]2O)C(C)(C)CC2C3=CCC4[C@@]5(C)CC[C@H](O[C@@H]6O[C@H](C(=O)O)[C@@H](O)[C@H](O[C@@H]7O[C@@H](CO)[C@H](O)[C@H]7O)[C@H]6O[C@@H]6O[C@H](CO)[C@H](O)[C@H](O)[C@H]6O)C(C)(C)C5CC[C@@]4(C)[C@]3(C)C[C@@H](O)[C@]21CO. The molecule has 0 aromatic heterocycles. The molecular weight excluding hydrogens is 1140 g/mol. The number of aliphatic hydroxyl groups is 12. The van der Waals surface area contributed by atoms with E-state index in [9.17, 15) is 80.8 Å². The van der Waals surface area contributed by atoms with Crippen molar-refractivity contribution in [1.29, 1.82) is 0 Å². The monoisotopic (exact) mass is 1230 g/mol. The zero-order chi connectivity index (χ0) is 63.5. The lowest BCUT2D eigenvalue weighted by Crippen LogP contribution is -2.73. The van der Waals surface area contributed by atoms with Crippen molar-refractivity contribution >= 4 is 17.9 Å². The van der Waals surface area contributed by atoms with Crippen LogP contribution in [-0.4, -0.2) is 245 Å². The number of aliphatic carboxylic acids is 1. The Morgan fingerprint density at radius 2 is 1.21 bits per heavy atom. The highest BCUT2D eigenvalue weighted by Crippen LogP contribution is 2.76. The van der Waals surface area contributed by atoms with Crippen molar-refractivity contribution in [2.24, 2.45) is 50.2 Å². The molecular formula is C60H94O26. The maximum absolute atomic E-state index is 14.1. The Bertz CT molecular complexity index is 2530. The highest BCUT2D eigenvalue weighted by Gasteiger charge is 2.74. The average molecular weight is 1230 g/mol. The van der Waals surface area contributed by atoms with Gasteiger partial charge in [-0.05, 0) is 111 Å². The molecule has 9 aliphatic rings. The summed E-state index contributed by atoms with van der Waals surface area (Å²) in [5, 5.41) is 144. The van der Waals surface area contributed by atoms with Crippen LogP contribution in [0.1, 0.15) is 121 Å². The normalized spacial score (nSPS) is 50.8. The lowest BCUT2D eigenvalue weighted by molar-refractivity contribution is -0.386. The van der Waals surface area contributed by atoms with Gasteiger partial charge in [-0.1, -0.05) is 66.2 Å². The Kier molecular flexibility index (Phi) is 19.3. The fraction of sp³-hybridized carbons (Fsp3) is 0.883. The maximum atomic E-state index is 14.1. The number of carbonyl (C=O) groups is 3. The van der Waals surface area contributed by atoms with Crippen LogP contribution < -0.4 is 0 Å². The number of esters is 2. The third-order valence-corrected chi connectivity index (χ3v) is 22.6. The summed E-state index contributed by atoms with van der Waals surface area (Å²) in [6, 6.07) is 0. The van der Waals surface area contributed by atoms with Gasteiger partial charge in [-0.2, -0.15) is 0 Å². The van der Waals surface area contributed by atoms with E-state index in [2.05, 4.69) is 26.8 Å². The zero-order valence-corrected chi connectivity index (χ0v) is 50.9. The van der Waals surface area contributed by atoms with Gasteiger partial charge in [0.05, 0.1) is 43.5 Å². The minimum Gasteiger partial charge on any atom is -0.479 e. The van der Waals surface area contributed by atoms with Crippen molar-refractivity contribution in [3.63, 3.8) is 0 Å². The quantitative estimate of drug-likeness (QED) is 0.0413. The molecule has 26 heteroatoms. The van der Waals surface area contributed by atoms with Gasteiger partial charge in [-0.3, -0.25) is 4.79 Å². The molecule has 4 aliphatic heterocycles. The smallest absolute Gasteiger partial charge is 0.335 e. The highest BCUT2D eigenvalue weighted by molar-refractivity contribution is 5.87. The fourth-order valence-corrected chi connectivity index (χ4v) is 17.5. The summed E-state index contributed by atoms with van der Waals surface area (Å²) < 4.78 is 61.2. The molecule has 490 valence electrons. The number of hydrogen-bond donors (Lipinski definition) is 13. The van der Waals surface area contributed by atoms with E-state index >= 15 is 0 Å². The van der Waals surface area contributed by atoms with Crippen molar-refractivity contribution in [3.05, 3.63) is 23.3 Å². The predicted octanol–water partition coefficient (Wildman–Crippen LogP) is -0.803. The summed E-state index contributed by atoms with van der Waals surface area (Å²) >= 11 is 0. The van der Waals surface area contributed by atoms with Gasteiger partial charge in [-0.15, -0.1) is 0 Å². The van der Waals surface area contributed by atoms with Gasteiger partial charge in [0.25, 0.3) is 0 Å². The fourth-order valence-electron chi connectivity index (χ4n) is 17.5.